The Morgan fingerprint density at radius 1 is 1.29 bits per heavy atom. The summed E-state index contributed by atoms with van der Waals surface area (Å²) >= 11 is 0. The molecule has 1 saturated heterocycles. The van der Waals surface area contributed by atoms with Crippen LogP contribution in [0.2, 0.25) is 0 Å². The molecule has 0 aliphatic carbocycles. The normalized spacial score (nSPS) is 17.7. The molecule has 1 aromatic rings. The molecule has 0 saturated carbocycles. The molecule has 0 spiro atoms. The Balaban J connectivity index is 2.42. The van der Waals surface area contributed by atoms with Crippen LogP contribution in [0.1, 0.15) is 12.0 Å². The van der Waals surface area contributed by atoms with Gasteiger partial charge in [0.05, 0.1) is 6.61 Å². The van der Waals surface area contributed by atoms with Crippen molar-refractivity contribution in [1.29, 1.82) is 0 Å². The zero-order chi connectivity index (χ0) is 15.5. The molecule has 2 rings (SSSR count). The number of benzene rings is 1. The van der Waals surface area contributed by atoms with Gasteiger partial charge in [0.15, 0.2) is 5.82 Å². The van der Waals surface area contributed by atoms with Crippen LogP contribution in [-0.2, 0) is 21.3 Å². The van der Waals surface area contributed by atoms with Gasteiger partial charge in [-0.1, -0.05) is 0 Å². The third-order valence-electron chi connectivity index (χ3n) is 3.30. The molecule has 0 aromatic heterocycles. The molecule has 5 nitrogen and oxygen atoms in total. The highest BCUT2D eigenvalue weighted by atomic mass is 32.2. The fourth-order valence-corrected chi connectivity index (χ4v) is 3.77. The molecule has 1 fully saturated rings. The molecule has 0 atom stereocenters. The molecule has 1 aromatic carbocycles. The highest BCUT2D eigenvalue weighted by Crippen LogP contribution is 2.24. The number of sulfonamides is 1. The topological polar surface area (TPSA) is 58.6 Å². The fourth-order valence-electron chi connectivity index (χ4n) is 2.22. The summed E-state index contributed by atoms with van der Waals surface area (Å²) < 4.78 is 59.4. The second-order valence-electron chi connectivity index (χ2n) is 4.74. The van der Waals surface area contributed by atoms with E-state index in [0.717, 1.165) is 12.1 Å². The molecule has 1 heterocycles. The number of nitrogens with zero attached hydrogens (tertiary/aromatic N) is 1. The van der Waals surface area contributed by atoms with Gasteiger partial charge in [-0.25, -0.2) is 17.2 Å². The summed E-state index contributed by atoms with van der Waals surface area (Å²) in [5, 5.41) is 2.63. The number of rotatable bonds is 4. The van der Waals surface area contributed by atoms with Crippen LogP contribution in [0.5, 0.6) is 0 Å². The lowest BCUT2D eigenvalue weighted by molar-refractivity contribution is 0.148. The van der Waals surface area contributed by atoms with Crippen molar-refractivity contribution in [2.24, 2.45) is 0 Å². The van der Waals surface area contributed by atoms with E-state index in [1.165, 1.54) is 11.4 Å². The van der Waals surface area contributed by atoms with Crippen molar-refractivity contribution >= 4 is 10.0 Å². The minimum atomic E-state index is -3.99. The van der Waals surface area contributed by atoms with Gasteiger partial charge in [0.2, 0.25) is 10.0 Å². The highest BCUT2D eigenvalue weighted by Gasteiger charge is 2.30. The second-order valence-corrected chi connectivity index (χ2v) is 6.64. The minimum Gasteiger partial charge on any atom is -0.380 e. The standard InChI is InChI=1S/C13H18F2N2O3S/c1-16-9-10-11(14)3-4-12(13(10)15)21(18,19)17-5-2-7-20-8-6-17/h3-4,16H,2,5-9H2,1H3. The summed E-state index contributed by atoms with van der Waals surface area (Å²) in [6.07, 6.45) is 0.547. The molecular formula is C13H18F2N2O3S. The summed E-state index contributed by atoms with van der Waals surface area (Å²) in [6, 6.07) is 1.96. The zero-order valence-electron chi connectivity index (χ0n) is 11.7. The Morgan fingerprint density at radius 2 is 2.05 bits per heavy atom. The van der Waals surface area contributed by atoms with Crippen LogP contribution in [0.3, 0.4) is 0 Å². The number of halogens is 2. The lowest BCUT2D eigenvalue weighted by Gasteiger charge is -2.20. The van der Waals surface area contributed by atoms with Gasteiger partial charge in [0.25, 0.3) is 0 Å². The van der Waals surface area contributed by atoms with Crippen molar-refractivity contribution in [3.63, 3.8) is 0 Å². The second kappa shape index (κ2) is 6.78. The van der Waals surface area contributed by atoms with Crippen molar-refractivity contribution in [3.8, 4) is 0 Å². The molecule has 0 radical (unpaired) electrons. The van der Waals surface area contributed by atoms with Crippen LogP contribution >= 0.6 is 0 Å². The summed E-state index contributed by atoms with van der Waals surface area (Å²) in [4.78, 5) is -0.490. The van der Waals surface area contributed by atoms with E-state index in [1.54, 1.807) is 0 Å². The van der Waals surface area contributed by atoms with Crippen LogP contribution in [0.4, 0.5) is 8.78 Å². The van der Waals surface area contributed by atoms with E-state index < -0.39 is 26.6 Å². The summed E-state index contributed by atoms with van der Waals surface area (Å²) in [6.45, 7) is 1.10. The van der Waals surface area contributed by atoms with E-state index in [4.69, 9.17) is 4.74 Å². The number of ether oxygens (including phenoxy) is 1. The molecule has 8 heteroatoms. The Hall–Kier alpha value is -1.09. The number of hydrogen-bond acceptors (Lipinski definition) is 4. The van der Waals surface area contributed by atoms with E-state index in [1.807, 2.05) is 0 Å². The minimum absolute atomic E-state index is 0.0792. The van der Waals surface area contributed by atoms with Gasteiger partial charge in [0, 0.05) is 31.8 Å². The zero-order valence-corrected chi connectivity index (χ0v) is 12.5. The Morgan fingerprint density at radius 3 is 2.76 bits per heavy atom. The van der Waals surface area contributed by atoms with Gasteiger partial charge < -0.3 is 10.1 Å². The van der Waals surface area contributed by atoms with Crippen LogP contribution in [0.25, 0.3) is 0 Å². The number of nitrogens with one attached hydrogen (secondary N) is 1. The molecule has 21 heavy (non-hydrogen) atoms. The third kappa shape index (κ3) is 3.39. The van der Waals surface area contributed by atoms with Crippen LogP contribution in [-0.4, -0.2) is 46.1 Å². The van der Waals surface area contributed by atoms with Gasteiger partial charge in [-0.05, 0) is 25.6 Å². The lowest BCUT2D eigenvalue weighted by Crippen LogP contribution is -2.34. The predicted molar refractivity (Wildman–Crippen MR) is 73.3 cm³/mol. The molecule has 1 aliphatic rings. The molecule has 1 N–H and O–H groups in total. The fraction of sp³-hybridized carbons (Fsp3) is 0.538. The maximum absolute atomic E-state index is 14.4. The lowest BCUT2D eigenvalue weighted by atomic mass is 10.2. The summed E-state index contributed by atoms with van der Waals surface area (Å²) in [7, 11) is -2.46. The van der Waals surface area contributed by atoms with Crippen LogP contribution in [0.15, 0.2) is 17.0 Å². The molecule has 1 aliphatic heterocycles. The molecule has 0 bridgehead atoms. The molecular weight excluding hydrogens is 302 g/mol. The Labute approximate surface area is 122 Å². The quantitative estimate of drug-likeness (QED) is 0.902. The van der Waals surface area contributed by atoms with E-state index in [9.17, 15) is 17.2 Å². The number of hydrogen-bond donors (Lipinski definition) is 1. The first-order valence-corrected chi connectivity index (χ1v) is 8.12. The Bertz CT molecular complexity index is 600. The van der Waals surface area contributed by atoms with Crippen LogP contribution < -0.4 is 5.32 Å². The predicted octanol–water partition coefficient (Wildman–Crippen LogP) is 1.10. The monoisotopic (exact) mass is 320 g/mol. The van der Waals surface area contributed by atoms with E-state index in [-0.39, 0.29) is 31.8 Å². The summed E-state index contributed by atoms with van der Waals surface area (Å²) in [5.41, 5.74) is -0.273. The van der Waals surface area contributed by atoms with E-state index in [0.29, 0.717) is 13.0 Å². The largest absolute Gasteiger partial charge is 0.380 e. The maximum atomic E-state index is 14.4. The van der Waals surface area contributed by atoms with Crippen LogP contribution in [0, 0.1) is 11.6 Å². The van der Waals surface area contributed by atoms with Crippen molar-refractivity contribution in [2.75, 3.05) is 33.4 Å². The van der Waals surface area contributed by atoms with E-state index in [2.05, 4.69) is 5.32 Å². The first kappa shape index (κ1) is 16.3. The van der Waals surface area contributed by atoms with Gasteiger partial charge in [-0.15, -0.1) is 0 Å². The van der Waals surface area contributed by atoms with Gasteiger partial charge >= 0.3 is 0 Å². The third-order valence-corrected chi connectivity index (χ3v) is 5.22. The molecule has 0 amide bonds. The average molecular weight is 320 g/mol. The highest BCUT2D eigenvalue weighted by molar-refractivity contribution is 7.89. The van der Waals surface area contributed by atoms with Crippen molar-refractivity contribution in [1.82, 2.24) is 9.62 Å². The Kier molecular flexibility index (Phi) is 5.26. The summed E-state index contributed by atoms with van der Waals surface area (Å²) in [5.74, 6) is -1.80. The van der Waals surface area contributed by atoms with Crippen molar-refractivity contribution in [3.05, 3.63) is 29.3 Å². The maximum Gasteiger partial charge on any atom is 0.246 e. The van der Waals surface area contributed by atoms with Crippen molar-refractivity contribution < 1.29 is 21.9 Å². The molecule has 0 unspecified atom stereocenters. The van der Waals surface area contributed by atoms with Gasteiger partial charge in [0.1, 0.15) is 10.7 Å². The first-order valence-electron chi connectivity index (χ1n) is 6.68. The van der Waals surface area contributed by atoms with Gasteiger partial charge in [-0.3, -0.25) is 0 Å². The SMILES string of the molecule is CNCc1c(F)ccc(S(=O)(=O)N2CCCOCC2)c1F. The average Bonchev–Trinajstić information content (AvgIpc) is 2.72. The first-order chi connectivity index (χ1) is 9.98. The van der Waals surface area contributed by atoms with Gasteiger partial charge in [-0.2, -0.15) is 4.31 Å². The van der Waals surface area contributed by atoms with E-state index >= 15 is 0 Å². The molecule has 118 valence electrons. The smallest absolute Gasteiger partial charge is 0.246 e. The van der Waals surface area contributed by atoms with Crippen molar-refractivity contribution in [2.45, 2.75) is 17.9 Å².